The molecule has 0 bridgehead atoms. The first-order chi connectivity index (χ1) is 9.78. The van der Waals surface area contributed by atoms with Crippen molar-refractivity contribution >= 4 is 22.8 Å². The second kappa shape index (κ2) is 4.10. The summed E-state index contributed by atoms with van der Waals surface area (Å²) in [5.41, 5.74) is 3.65. The van der Waals surface area contributed by atoms with E-state index in [1.165, 1.54) is 16.5 Å². The lowest BCUT2D eigenvalue weighted by Gasteiger charge is -2.25. The highest BCUT2D eigenvalue weighted by Gasteiger charge is 2.40. The number of aliphatic imine (C=N–C) groups is 1. The van der Waals surface area contributed by atoms with Crippen LogP contribution in [0.5, 0.6) is 0 Å². The Labute approximate surface area is 116 Å². The number of hydrogen-bond acceptors (Lipinski definition) is 3. The molecule has 2 atom stereocenters. The van der Waals surface area contributed by atoms with E-state index in [2.05, 4.69) is 33.5 Å². The van der Waals surface area contributed by atoms with E-state index < -0.39 is 6.10 Å². The number of nitrogens with one attached hydrogen (secondary N) is 2. The van der Waals surface area contributed by atoms with Crippen molar-refractivity contribution in [1.82, 2.24) is 10.3 Å². The van der Waals surface area contributed by atoms with E-state index in [4.69, 9.17) is 4.74 Å². The average Bonchev–Trinajstić information content (AvgIpc) is 3.06. The van der Waals surface area contributed by atoms with E-state index in [1.807, 2.05) is 6.20 Å². The molecule has 1 fully saturated rings. The summed E-state index contributed by atoms with van der Waals surface area (Å²) in [6, 6.07) is 6.62. The number of carbonyl (C=O) groups is 1. The summed E-state index contributed by atoms with van der Waals surface area (Å²) in [5.74, 6) is -0.0118. The van der Waals surface area contributed by atoms with Gasteiger partial charge < -0.3 is 9.72 Å². The summed E-state index contributed by atoms with van der Waals surface area (Å²) in [4.78, 5) is 19.3. The van der Waals surface area contributed by atoms with E-state index in [0.29, 0.717) is 6.02 Å². The number of nitrogens with zero attached hydrogens (tertiary/aromatic N) is 1. The van der Waals surface area contributed by atoms with Crippen LogP contribution in [0.25, 0.3) is 10.9 Å². The zero-order valence-electron chi connectivity index (χ0n) is 11.1. The molecule has 20 heavy (non-hydrogen) atoms. The quantitative estimate of drug-likeness (QED) is 0.827. The van der Waals surface area contributed by atoms with Crippen molar-refractivity contribution in [2.24, 2.45) is 4.99 Å². The molecule has 0 spiro atoms. The van der Waals surface area contributed by atoms with Crippen molar-refractivity contribution in [3.63, 3.8) is 0 Å². The summed E-state index contributed by atoms with van der Waals surface area (Å²) in [5, 5.41) is 3.93. The highest BCUT2D eigenvalue weighted by Crippen LogP contribution is 2.40. The molecule has 2 aromatic rings. The topological polar surface area (TPSA) is 66.5 Å². The second-order valence-electron chi connectivity index (χ2n) is 5.29. The lowest BCUT2D eigenvalue weighted by atomic mass is 9.81. The Hall–Kier alpha value is -2.30. The van der Waals surface area contributed by atoms with Crippen LogP contribution < -0.4 is 5.32 Å². The summed E-state index contributed by atoms with van der Waals surface area (Å²) >= 11 is 0. The maximum Gasteiger partial charge on any atom is 0.292 e. The fourth-order valence-corrected chi connectivity index (χ4v) is 3.32. The van der Waals surface area contributed by atoms with Crippen LogP contribution in [0.15, 0.2) is 29.4 Å². The third-order valence-electron chi connectivity index (χ3n) is 4.24. The largest absolute Gasteiger partial charge is 0.451 e. The molecule has 1 saturated heterocycles. The lowest BCUT2D eigenvalue weighted by Crippen LogP contribution is -2.31. The minimum Gasteiger partial charge on any atom is -0.451 e. The number of rotatable bonds is 1. The van der Waals surface area contributed by atoms with Crippen LogP contribution in [0.1, 0.15) is 23.5 Å². The molecule has 4 rings (SSSR count). The molecule has 0 radical (unpaired) electrons. The molecule has 1 aliphatic carbocycles. The molecule has 1 aliphatic heterocycles. The Morgan fingerprint density at radius 1 is 1.40 bits per heavy atom. The van der Waals surface area contributed by atoms with Crippen molar-refractivity contribution in [3.05, 3.63) is 35.5 Å². The monoisotopic (exact) mass is 269 g/mol. The number of amidine groups is 1. The van der Waals surface area contributed by atoms with Gasteiger partial charge in [-0.2, -0.15) is 0 Å². The van der Waals surface area contributed by atoms with Crippen LogP contribution in [0.3, 0.4) is 0 Å². The molecule has 1 aromatic heterocycles. The van der Waals surface area contributed by atoms with Crippen molar-refractivity contribution in [2.45, 2.75) is 24.9 Å². The molecule has 0 saturated carbocycles. The summed E-state index contributed by atoms with van der Waals surface area (Å²) in [7, 11) is 1.61. The van der Waals surface area contributed by atoms with Gasteiger partial charge in [0.05, 0.1) is 0 Å². The van der Waals surface area contributed by atoms with Crippen molar-refractivity contribution in [2.75, 3.05) is 7.05 Å². The van der Waals surface area contributed by atoms with Crippen molar-refractivity contribution < 1.29 is 9.53 Å². The maximum absolute atomic E-state index is 12.1. The molecular weight excluding hydrogens is 254 g/mol. The zero-order chi connectivity index (χ0) is 13.7. The number of benzene rings is 1. The zero-order valence-corrected chi connectivity index (χ0v) is 11.1. The van der Waals surface area contributed by atoms with Crippen LogP contribution in [-0.2, 0) is 16.0 Å². The average molecular weight is 269 g/mol. The van der Waals surface area contributed by atoms with Gasteiger partial charge >= 0.3 is 0 Å². The van der Waals surface area contributed by atoms with E-state index in [1.54, 1.807) is 7.05 Å². The van der Waals surface area contributed by atoms with Gasteiger partial charge in [0.1, 0.15) is 0 Å². The minimum atomic E-state index is -0.471. The Balaban J connectivity index is 1.80. The number of aromatic nitrogens is 1. The molecule has 2 N–H and O–H groups in total. The van der Waals surface area contributed by atoms with Gasteiger partial charge in [0, 0.05) is 30.1 Å². The SMILES string of the molecule is CN=C1NC(=O)[C@H]([C@H]2CCc3cccc4[nH]cc2c34)O1. The van der Waals surface area contributed by atoms with Gasteiger partial charge in [-0.1, -0.05) is 12.1 Å². The number of ether oxygens (including phenoxy) is 1. The van der Waals surface area contributed by atoms with E-state index >= 15 is 0 Å². The Morgan fingerprint density at radius 2 is 2.30 bits per heavy atom. The molecule has 2 aliphatic rings. The number of carbonyl (C=O) groups excluding carboxylic acids is 1. The molecule has 2 heterocycles. The third kappa shape index (κ3) is 1.49. The fraction of sp³-hybridized carbons (Fsp3) is 0.333. The Kier molecular flexibility index (Phi) is 2.36. The Bertz CT molecular complexity index is 732. The van der Waals surface area contributed by atoms with Gasteiger partial charge in [-0.05, 0) is 30.0 Å². The smallest absolute Gasteiger partial charge is 0.292 e. The van der Waals surface area contributed by atoms with E-state index in [9.17, 15) is 4.79 Å². The minimum absolute atomic E-state index is 0.0814. The molecule has 1 amide bonds. The summed E-state index contributed by atoms with van der Waals surface area (Å²) < 4.78 is 5.65. The molecular formula is C15H15N3O2. The summed E-state index contributed by atoms with van der Waals surface area (Å²) in [6.07, 6.45) is 3.42. The second-order valence-corrected chi connectivity index (χ2v) is 5.29. The van der Waals surface area contributed by atoms with Crippen LogP contribution in [0, 0.1) is 0 Å². The van der Waals surface area contributed by atoms with E-state index in [-0.39, 0.29) is 11.8 Å². The van der Waals surface area contributed by atoms with Crippen molar-refractivity contribution in [1.29, 1.82) is 0 Å². The number of hydrogen-bond donors (Lipinski definition) is 2. The van der Waals surface area contributed by atoms with Crippen LogP contribution in [-0.4, -0.2) is 30.1 Å². The highest BCUT2D eigenvalue weighted by atomic mass is 16.5. The lowest BCUT2D eigenvalue weighted by molar-refractivity contribution is -0.124. The van der Waals surface area contributed by atoms with Crippen LogP contribution in [0.4, 0.5) is 0 Å². The van der Waals surface area contributed by atoms with Gasteiger partial charge in [-0.15, -0.1) is 0 Å². The molecule has 5 nitrogen and oxygen atoms in total. The van der Waals surface area contributed by atoms with Crippen molar-refractivity contribution in [3.8, 4) is 0 Å². The first-order valence-corrected chi connectivity index (χ1v) is 6.81. The van der Waals surface area contributed by atoms with Crippen LogP contribution >= 0.6 is 0 Å². The van der Waals surface area contributed by atoms with Gasteiger partial charge in [0.25, 0.3) is 11.9 Å². The predicted octanol–water partition coefficient (Wildman–Crippen LogP) is 1.70. The molecule has 102 valence electrons. The number of amides is 1. The normalized spacial score (nSPS) is 26.9. The van der Waals surface area contributed by atoms with Gasteiger partial charge in [-0.25, -0.2) is 4.99 Å². The van der Waals surface area contributed by atoms with Gasteiger partial charge in [-0.3, -0.25) is 10.1 Å². The van der Waals surface area contributed by atoms with Gasteiger partial charge in [0.2, 0.25) is 0 Å². The third-order valence-corrected chi connectivity index (χ3v) is 4.24. The first-order valence-electron chi connectivity index (χ1n) is 6.81. The molecule has 0 unspecified atom stereocenters. The number of aromatic amines is 1. The predicted molar refractivity (Wildman–Crippen MR) is 75.7 cm³/mol. The summed E-state index contributed by atoms with van der Waals surface area (Å²) in [6.45, 7) is 0. The fourth-order valence-electron chi connectivity index (χ4n) is 3.32. The van der Waals surface area contributed by atoms with E-state index in [0.717, 1.165) is 18.4 Å². The van der Waals surface area contributed by atoms with Crippen LogP contribution in [0.2, 0.25) is 0 Å². The molecule has 1 aromatic carbocycles. The van der Waals surface area contributed by atoms with Gasteiger partial charge in [0.15, 0.2) is 6.10 Å². The maximum atomic E-state index is 12.1. The Morgan fingerprint density at radius 3 is 3.10 bits per heavy atom. The number of aryl methyl sites for hydroxylation is 1. The first kappa shape index (κ1) is 11.5. The standard InChI is InChI=1S/C15H15N3O2/c1-16-15-18-14(19)13(20-15)9-6-5-8-3-2-4-11-12(8)10(9)7-17-11/h2-4,7,9,13,17H,5-6H2,1H3,(H,16,18,19)/t9-,13-/m0/s1. The highest BCUT2D eigenvalue weighted by molar-refractivity contribution is 6.03. The molecule has 5 heteroatoms. The number of H-pyrrole nitrogens is 1.